The summed E-state index contributed by atoms with van der Waals surface area (Å²) in [5.74, 6) is 0.964. The number of hydrogen-bond donors (Lipinski definition) is 0. The summed E-state index contributed by atoms with van der Waals surface area (Å²) in [6, 6.07) is 0.937. The van der Waals surface area contributed by atoms with Crippen LogP contribution in [0.15, 0.2) is 0 Å². The van der Waals surface area contributed by atoms with Crippen LogP contribution in [0.5, 0.6) is 0 Å². The van der Waals surface area contributed by atoms with Gasteiger partial charge in [0.1, 0.15) is 0 Å². The van der Waals surface area contributed by atoms with E-state index in [4.69, 9.17) is 0 Å². The molecule has 0 aromatic heterocycles. The van der Waals surface area contributed by atoms with Crippen LogP contribution < -0.4 is 0 Å². The van der Waals surface area contributed by atoms with Crippen LogP contribution in [-0.2, 0) is 0 Å². The first kappa shape index (κ1) is 13.4. The van der Waals surface area contributed by atoms with Gasteiger partial charge < -0.3 is 4.90 Å². The summed E-state index contributed by atoms with van der Waals surface area (Å²) in [5, 5.41) is 0. The van der Waals surface area contributed by atoms with Gasteiger partial charge in [-0.1, -0.05) is 40.0 Å². The van der Waals surface area contributed by atoms with E-state index in [1.54, 1.807) is 0 Å². The van der Waals surface area contributed by atoms with Crippen molar-refractivity contribution in [2.45, 2.75) is 78.2 Å². The van der Waals surface area contributed by atoms with Gasteiger partial charge in [0, 0.05) is 12.6 Å². The molecule has 2 aliphatic rings. The first-order chi connectivity index (χ1) is 8.04. The van der Waals surface area contributed by atoms with Crippen molar-refractivity contribution in [1.82, 2.24) is 4.90 Å². The predicted octanol–water partition coefficient (Wildman–Crippen LogP) is 4.47. The normalized spacial score (nSPS) is 29.5. The lowest BCUT2D eigenvalue weighted by atomic mass is 9.80. The minimum Gasteiger partial charge on any atom is -0.300 e. The highest BCUT2D eigenvalue weighted by Crippen LogP contribution is 2.32. The molecule has 0 radical (unpaired) electrons. The average molecular weight is 237 g/mol. The van der Waals surface area contributed by atoms with Crippen molar-refractivity contribution in [2.24, 2.45) is 11.3 Å². The summed E-state index contributed by atoms with van der Waals surface area (Å²) in [6.07, 6.45) is 11.7. The molecule has 1 aliphatic heterocycles. The lowest BCUT2D eigenvalue weighted by Crippen LogP contribution is -2.44. The topological polar surface area (TPSA) is 3.24 Å². The third-order valence-corrected chi connectivity index (χ3v) is 4.54. The summed E-state index contributed by atoms with van der Waals surface area (Å²) in [4.78, 5) is 2.83. The Morgan fingerprint density at radius 2 is 1.65 bits per heavy atom. The molecular formula is C16H31N. The molecule has 0 aromatic carbocycles. The van der Waals surface area contributed by atoms with E-state index in [0.717, 1.165) is 12.0 Å². The first-order valence-corrected chi connectivity index (χ1v) is 7.79. The molecule has 0 spiro atoms. The first-order valence-electron chi connectivity index (χ1n) is 7.79. The molecule has 1 unspecified atom stereocenters. The Hall–Kier alpha value is -0.0400. The van der Waals surface area contributed by atoms with Crippen LogP contribution in [0, 0.1) is 11.3 Å². The summed E-state index contributed by atoms with van der Waals surface area (Å²) in [7, 11) is 0. The van der Waals surface area contributed by atoms with E-state index >= 15 is 0 Å². The average Bonchev–Trinajstić information content (AvgIpc) is 2.28. The Labute approximate surface area is 108 Å². The van der Waals surface area contributed by atoms with Gasteiger partial charge in [0.2, 0.25) is 0 Å². The molecule has 1 nitrogen and oxygen atoms in total. The number of hydrogen-bond acceptors (Lipinski definition) is 1. The molecule has 1 heterocycles. The van der Waals surface area contributed by atoms with Gasteiger partial charge in [-0.2, -0.15) is 0 Å². The van der Waals surface area contributed by atoms with Crippen LogP contribution in [0.2, 0.25) is 0 Å². The van der Waals surface area contributed by atoms with Crippen LogP contribution in [0.25, 0.3) is 0 Å². The third-order valence-electron chi connectivity index (χ3n) is 4.54. The zero-order valence-electron chi connectivity index (χ0n) is 12.2. The van der Waals surface area contributed by atoms with Crippen molar-refractivity contribution in [3.05, 3.63) is 0 Å². The zero-order chi connectivity index (χ0) is 12.3. The van der Waals surface area contributed by atoms with Crippen molar-refractivity contribution in [1.29, 1.82) is 0 Å². The smallest absolute Gasteiger partial charge is 0.00953 e. The SMILES string of the molecule is CC(C)(C)CC1CCCN(C2CCCCC2)C1. The maximum Gasteiger partial charge on any atom is 0.00953 e. The van der Waals surface area contributed by atoms with Gasteiger partial charge in [0.15, 0.2) is 0 Å². The van der Waals surface area contributed by atoms with E-state index in [2.05, 4.69) is 25.7 Å². The van der Waals surface area contributed by atoms with Gasteiger partial charge in [0.05, 0.1) is 0 Å². The second kappa shape index (κ2) is 5.73. The lowest BCUT2D eigenvalue weighted by molar-refractivity contribution is 0.0822. The predicted molar refractivity (Wildman–Crippen MR) is 75.2 cm³/mol. The lowest BCUT2D eigenvalue weighted by Gasteiger charge is -2.41. The third kappa shape index (κ3) is 4.28. The van der Waals surface area contributed by atoms with Gasteiger partial charge in [-0.15, -0.1) is 0 Å². The van der Waals surface area contributed by atoms with E-state index < -0.39 is 0 Å². The summed E-state index contributed by atoms with van der Waals surface area (Å²) in [6.45, 7) is 9.96. The Bertz CT molecular complexity index is 222. The molecular weight excluding hydrogens is 206 g/mol. The fraction of sp³-hybridized carbons (Fsp3) is 1.00. The van der Waals surface area contributed by atoms with Crippen LogP contribution in [0.4, 0.5) is 0 Å². The molecule has 1 aliphatic carbocycles. The fourth-order valence-corrected chi connectivity index (χ4v) is 3.91. The molecule has 2 rings (SSSR count). The maximum absolute atomic E-state index is 2.83. The Morgan fingerprint density at radius 3 is 2.29 bits per heavy atom. The van der Waals surface area contributed by atoms with E-state index in [0.29, 0.717) is 5.41 Å². The molecule has 100 valence electrons. The number of rotatable bonds is 2. The Kier molecular flexibility index (Phi) is 4.52. The van der Waals surface area contributed by atoms with Gasteiger partial charge >= 0.3 is 0 Å². The van der Waals surface area contributed by atoms with Crippen LogP contribution in [0.3, 0.4) is 0 Å². The standard InChI is InChI=1S/C16H31N/c1-16(2,3)12-14-8-7-11-17(13-14)15-9-5-4-6-10-15/h14-15H,4-13H2,1-3H3. The maximum atomic E-state index is 2.83. The monoisotopic (exact) mass is 237 g/mol. The Balaban J connectivity index is 1.83. The molecule has 1 saturated heterocycles. The van der Waals surface area contributed by atoms with Gasteiger partial charge in [-0.3, -0.25) is 0 Å². The highest BCUT2D eigenvalue weighted by molar-refractivity contribution is 4.83. The second-order valence-corrected chi connectivity index (χ2v) is 7.56. The van der Waals surface area contributed by atoms with E-state index in [1.165, 1.54) is 64.5 Å². The highest BCUT2D eigenvalue weighted by Gasteiger charge is 2.28. The number of nitrogens with zero attached hydrogens (tertiary/aromatic N) is 1. The molecule has 1 atom stereocenters. The molecule has 1 saturated carbocycles. The fourth-order valence-electron chi connectivity index (χ4n) is 3.91. The van der Waals surface area contributed by atoms with Gasteiger partial charge in [-0.05, 0) is 50.0 Å². The van der Waals surface area contributed by atoms with Crippen molar-refractivity contribution in [3.63, 3.8) is 0 Å². The zero-order valence-corrected chi connectivity index (χ0v) is 12.2. The van der Waals surface area contributed by atoms with Crippen molar-refractivity contribution >= 4 is 0 Å². The molecule has 17 heavy (non-hydrogen) atoms. The molecule has 0 N–H and O–H groups in total. The van der Waals surface area contributed by atoms with E-state index in [1.807, 2.05) is 0 Å². The van der Waals surface area contributed by atoms with E-state index in [9.17, 15) is 0 Å². The molecule has 0 bridgehead atoms. The van der Waals surface area contributed by atoms with Crippen LogP contribution in [0.1, 0.15) is 72.1 Å². The Morgan fingerprint density at radius 1 is 0.941 bits per heavy atom. The number of likely N-dealkylation sites (tertiary alicyclic amines) is 1. The molecule has 2 fully saturated rings. The quantitative estimate of drug-likeness (QED) is 0.685. The largest absolute Gasteiger partial charge is 0.300 e. The summed E-state index contributed by atoms with van der Waals surface area (Å²) >= 11 is 0. The summed E-state index contributed by atoms with van der Waals surface area (Å²) < 4.78 is 0. The minimum atomic E-state index is 0.514. The molecule has 0 aromatic rings. The highest BCUT2D eigenvalue weighted by atomic mass is 15.2. The van der Waals surface area contributed by atoms with Crippen molar-refractivity contribution in [2.75, 3.05) is 13.1 Å². The molecule has 0 amide bonds. The van der Waals surface area contributed by atoms with E-state index in [-0.39, 0.29) is 0 Å². The summed E-state index contributed by atoms with van der Waals surface area (Å²) in [5.41, 5.74) is 0.514. The van der Waals surface area contributed by atoms with Gasteiger partial charge in [-0.25, -0.2) is 0 Å². The number of piperidine rings is 1. The van der Waals surface area contributed by atoms with Crippen LogP contribution >= 0.6 is 0 Å². The van der Waals surface area contributed by atoms with Gasteiger partial charge in [0.25, 0.3) is 0 Å². The second-order valence-electron chi connectivity index (χ2n) is 7.56. The molecule has 1 heteroatoms. The van der Waals surface area contributed by atoms with Crippen molar-refractivity contribution < 1.29 is 0 Å². The van der Waals surface area contributed by atoms with Crippen molar-refractivity contribution in [3.8, 4) is 0 Å². The minimum absolute atomic E-state index is 0.514. The van der Waals surface area contributed by atoms with Crippen LogP contribution in [-0.4, -0.2) is 24.0 Å².